The standard InChI is InChI=1S/C16H15BrFNS/c17-13-6-2-1-4-11(13)10-19-15-8-9-20-16-12(15)5-3-7-14(16)18/h1-7,15,19H,8-10H2. The van der Waals surface area contributed by atoms with E-state index >= 15 is 0 Å². The maximum absolute atomic E-state index is 13.8. The lowest BCUT2D eigenvalue weighted by Crippen LogP contribution is -2.24. The van der Waals surface area contributed by atoms with Gasteiger partial charge >= 0.3 is 0 Å². The van der Waals surface area contributed by atoms with Crippen LogP contribution in [0.3, 0.4) is 0 Å². The first-order valence-electron chi connectivity index (χ1n) is 6.63. The van der Waals surface area contributed by atoms with Crippen LogP contribution in [0.2, 0.25) is 0 Å². The van der Waals surface area contributed by atoms with Gasteiger partial charge in [0.15, 0.2) is 0 Å². The summed E-state index contributed by atoms with van der Waals surface area (Å²) < 4.78 is 14.9. The minimum Gasteiger partial charge on any atom is -0.306 e. The van der Waals surface area contributed by atoms with E-state index in [1.165, 1.54) is 5.56 Å². The normalized spacial score (nSPS) is 17.8. The fourth-order valence-corrected chi connectivity index (χ4v) is 4.04. The molecule has 0 fully saturated rings. The number of nitrogens with one attached hydrogen (secondary N) is 1. The molecule has 0 bridgehead atoms. The predicted molar refractivity (Wildman–Crippen MR) is 85.5 cm³/mol. The summed E-state index contributed by atoms with van der Waals surface area (Å²) in [6.07, 6.45) is 1.03. The van der Waals surface area contributed by atoms with Crippen LogP contribution in [0.1, 0.15) is 23.6 Å². The molecule has 0 aromatic heterocycles. The molecule has 1 atom stereocenters. The molecule has 1 nitrogen and oxygen atoms in total. The van der Waals surface area contributed by atoms with E-state index in [-0.39, 0.29) is 11.9 Å². The van der Waals surface area contributed by atoms with Crippen molar-refractivity contribution in [2.24, 2.45) is 0 Å². The van der Waals surface area contributed by atoms with E-state index in [0.717, 1.165) is 33.7 Å². The molecular formula is C16H15BrFNS. The van der Waals surface area contributed by atoms with Crippen LogP contribution < -0.4 is 5.32 Å². The Kier molecular flexibility index (Phi) is 4.44. The Hall–Kier alpha value is -0.840. The van der Waals surface area contributed by atoms with Crippen LogP contribution in [0.15, 0.2) is 51.8 Å². The average Bonchev–Trinajstić information content (AvgIpc) is 2.47. The maximum atomic E-state index is 13.8. The molecule has 0 saturated carbocycles. The fourth-order valence-electron chi connectivity index (χ4n) is 2.47. The van der Waals surface area contributed by atoms with E-state index in [1.54, 1.807) is 23.9 Å². The molecule has 1 unspecified atom stereocenters. The predicted octanol–water partition coefficient (Wildman–Crippen LogP) is 4.91. The molecule has 0 aliphatic carbocycles. The number of benzene rings is 2. The number of rotatable bonds is 3. The zero-order valence-corrected chi connectivity index (χ0v) is 13.3. The smallest absolute Gasteiger partial charge is 0.137 e. The molecule has 0 radical (unpaired) electrons. The molecule has 1 aliphatic rings. The van der Waals surface area contributed by atoms with Crippen LogP contribution in [-0.2, 0) is 6.54 Å². The highest BCUT2D eigenvalue weighted by Gasteiger charge is 2.22. The second kappa shape index (κ2) is 6.29. The first-order valence-corrected chi connectivity index (χ1v) is 8.41. The van der Waals surface area contributed by atoms with Crippen molar-refractivity contribution in [3.05, 3.63) is 63.9 Å². The van der Waals surface area contributed by atoms with Gasteiger partial charge < -0.3 is 5.32 Å². The van der Waals surface area contributed by atoms with Crippen LogP contribution in [0.25, 0.3) is 0 Å². The molecule has 0 spiro atoms. The van der Waals surface area contributed by atoms with Gasteiger partial charge in [0, 0.05) is 22.0 Å². The molecular weight excluding hydrogens is 337 g/mol. The van der Waals surface area contributed by atoms with Crippen LogP contribution in [0.5, 0.6) is 0 Å². The Morgan fingerprint density at radius 2 is 2.05 bits per heavy atom. The average molecular weight is 352 g/mol. The number of hydrogen-bond donors (Lipinski definition) is 1. The molecule has 1 aliphatic heterocycles. The zero-order valence-electron chi connectivity index (χ0n) is 10.9. The third-order valence-electron chi connectivity index (χ3n) is 3.52. The highest BCUT2D eigenvalue weighted by molar-refractivity contribution is 9.10. The minimum atomic E-state index is -0.0973. The summed E-state index contributed by atoms with van der Waals surface area (Å²) in [7, 11) is 0. The summed E-state index contributed by atoms with van der Waals surface area (Å²) in [5, 5.41) is 3.55. The van der Waals surface area contributed by atoms with Gasteiger partial charge in [-0.1, -0.05) is 46.3 Å². The van der Waals surface area contributed by atoms with E-state index in [0.29, 0.717) is 0 Å². The van der Waals surface area contributed by atoms with E-state index < -0.39 is 0 Å². The summed E-state index contributed by atoms with van der Waals surface area (Å²) in [5.74, 6) is 0.863. The molecule has 0 saturated heterocycles. The number of fused-ring (bicyclic) bond motifs is 1. The van der Waals surface area contributed by atoms with Gasteiger partial charge in [0.1, 0.15) is 5.82 Å². The summed E-state index contributed by atoms with van der Waals surface area (Å²) in [5.41, 5.74) is 2.32. The Balaban J connectivity index is 1.77. The quantitative estimate of drug-likeness (QED) is 0.842. The largest absolute Gasteiger partial charge is 0.306 e. The van der Waals surface area contributed by atoms with Crippen LogP contribution >= 0.6 is 27.7 Å². The van der Waals surface area contributed by atoms with Crippen molar-refractivity contribution in [3.8, 4) is 0 Å². The summed E-state index contributed by atoms with van der Waals surface area (Å²) in [6, 6.07) is 13.8. The minimum absolute atomic E-state index is 0.0973. The van der Waals surface area contributed by atoms with Crippen molar-refractivity contribution in [3.63, 3.8) is 0 Å². The number of thioether (sulfide) groups is 1. The lowest BCUT2D eigenvalue weighted by molar-refractivity contribution is 0.496. The molecule has 1 N–H and O–H groups in total. The number of halogens is 2. The SMILES string of the molecule is Fc1cccc2c1SCCC2NCc1ccccc1Br. The van der Waals surface area contributed by atoms with Crippen molar-refractivity contribution in [1.82, 2.24) is 5.32 Å². The zero-order chi connectivity index (χ0) is 13.9. The topological polar surface area (TPSA) is 12.0 Å². The molecule has 20 heavy (non-hydrogen) atoms. The van der Waals surface area contributed by atoms with Gasteiger partial charge in [0.05, 0.1) is 0 Å². The monoisotopic (exact) mass is 351 g/mol. The Labute approximate surface area is 131 Å². The first kappa shape index (κ1) is 14.1. The Morgan fingerprint density at radius 1 is 1.20 bits per heavy atom. The van der Waals surface area contributed by atoms with Crippen LogP contribution in [-0.4, -0.2) is 5.75 Å². The van der Waals surface area contributed by atoms with E-state index in [9.17, 15) is 4.39 Å². The number of hydrogen-bond acceptors (Lipinski definition) is 2. The van der Waals surface area contributed by atoms with Gasteiger partial charge in [-0.15, -0.1) is 11.8 Å². The highest BCUT2D eigenvalue weighted by atomic mass is 79.9. The van der Waals surface area contributed by atoms with Crippen molar-refractivity contribution < 1.29 is 4.39 Å². The molecule has 2 aromatic rings. The van der Waals surface area contributed by atoms with Crippen LogP contribution in [0, 0.1) is 5.82 Å². The second-order valence-corrected chi connectivity index (χ2v) is 6.78. The van der Waals surface area contributed by atoms with Gasteiger partial charge in [-0.3, -0.25) is 0 Å². The molecule has 4 heteroatoms. The molecule has 104 valence electrons. The van der Waals surface area contributed by atoms with Gasteiger partial charge in [0.25, 0.3) is 0 Å². The van der Waals surface area contributed by atoms with Gasteiger partial charge in [-0.2, -0.15) is 0 Å². The third-order valence-corrected chi connectivity index (χ3v) is 5.46. The summed E-state index contributed by atoms with van der Waals surface area (Å²) >= 11 is 5.18. The molecule has 3 rings (SSSR count). The third kappa shape index (κ3) is 2.92. The fraction of sp³-hybridized carbons (Fsp3) is 0.250. The van der Waals surface area contributed by atoms with Gasteiger partial charge in [-0.25, -0.2) is 4.39 Å². The highest BCUT2D eigenvalue weighted by Crippen LogP contribution is 2.37. The van der Waals surface area contributed by atoms with E-state index in [4.69, 9.17) is 0 Å². The molecule has 2 aromatic carbocycles. The van der Waals surface area contributed by atoms with Crippen molar-refractivity contribution in [2.45, 2.75) is 23.9 Å². The first-order chi connectivity index (χ1) is 9.75. The van der Waals surface area contributed by atoms with Gasteiger partial charge in [-0.05, 0) is 35.4 Å². The Bertz CT molecular complexity index is 617. The van der Waals surface area contributed by atoms with Crippen LogP contribution in [0.4, 0.5) is 4.39 Å². The van der Waals surface area contributed by atoms with E-state index in [2.05, 4.69) is 27.3 Å². The van der Waals surface area contributed by atoms with Crippen molar-refractivity contribution >= 4 is 27.7 Å². The lowest BCUT2D eigenvalue weighted by atomic mass is 10.0. The maximum Gasteiger partial charge on any atom is 0.137 e. The molecule has 1 heterocycles. The Morgan fingerprint density at radius 3 is 2.90 bits per heavy atom. The van der Waals surface area contributed by atoms with Crippen molar-refractivity contribution in [1.29, 1.82) is 0 Å². The van der Waals surface area contributed by atoms with Gasteiger partial charge in [0.2, 0.25) is 0 Å². The van der Waals surface area contributed by atoms with Crippen molar-refractivity contribution in [2.75, 3.05) is 5.75 Å². The lowest BCUT2D eigenvalue weighted by Gasteiger charge is -2.26. The van der Waals surface area contributed by atoms with E-state index in [1.807, 2.05) is 24.3 Å². The summed E-state index contributed by atoms with van der Waals surface area (Å²) in [4.78, 5) is 0.809. The molecule has 0 amide bonds. The second-order valence-electron chi connectivity index (χ2n) is 4.82. The summed E-state index contributed by atoms with van der Waals surface area (Å²) in [6.45, 7) is 0.784.